The second kappa shape index (κ2) is 5.73. The summed E-state index contributed by atoms with van der Waals surface area (Å²) < 4.78 is 11.4. The molecule has 4 heteroatoms. The van der Waals surface area contributed by atoms with Crippen molar-refractivity contribution in [2.75, 3.05) is 13.7 Å². The van der Waals surface area contributed by atoms with Crippen LogP contribution in [0.2, 0.25) is 5.02 Å². The Labute approximate surface area is 123 Å². The first-order chi connectivity index (χ1) is 9.76. The Morgan fingerprint density at radius 3 is 3.00 bits per heavy atom. The van der Waals surface area contributed by atoms with Crippen LogP contribution in [0.1, 0.15) is 17.2 Å². The fourth-order valence-electron chi connectivity index (χ4n) is 2.31. The average Bonchev–Trinajstić information content (AvgIpc) is 2.87. The monoisotopic (exact) mass is 289 g/mol. The third-order valence-corrected chi connectivity index (χ3v) is 3.64. The fraction of sp³-hybridized carbons (Fsp3) is 0.250. The summed E-state index contributed by atoms with van der Waals surface area (Å²) in [5, 5.41) is 3.95. The Hall–Kier alpha value is -1.71. The maximum atomic E-state index is 5.95. The summed E-state index contributed by atoms with van der Waals surface area (Å²) >= 11 is 5.95. The van der Waals surface area contributed by atoms with Crippen LogP contribution in [-0.2, 0) is 6.61 Å². The van der Waals surface area contributed by atoms with E-state index in [1.165, 1.54) is 5.56 Å². The quantitative estimate of drug-likeness (QED) is 0.933. The van der Waals surface area contributed by atoms with Gasteiger partial charge in [0.15, 0.2) is 0 Å². The molecular formula is C16H16ClNO2. The van der Waals surface area contributed by atoms with Gasteiger partial charge in [0, 0.05) is 16.7 Å². The zero-order valence-corrected chi connectivity index (χ0v) is 12.0. The number of benzene rings is 2. The normalized spacial score (nSPS) is 16.6. The highest BCUT2D eigenvalue weighted by Crippen LogP contribution is 2.35. The molecule has 1 unspecified atom stereocenters. The minimum absolute atomic E-state index is 0.270. The molecule has 0 aromatic heterocycles. The number of ether oxygens (including phenoxy) is 2. The van der Waals surface area contributed by atoms with Gasteiger partial charge in [-0.1, -0.05) is 23.7 Å². The average molecular weight is 290 g/mol. The van der Waals surface area contributed by atoms with Crippen molar-refractivity contribution >= 4 is 11.6 Å². The highest BCUT2D eigenvalue weighted by molar-refractivity contribution is 6.30. The molecule has 0 fully saturated rings. The number of halogens is 1. The lowest BCUT2D eigenvalue weighted by Gasteiger charge is -2.09. The molecule has 1 aliphatic heterocycles. The van der Waals surface area contributed by atoms with Gasteiger partial charge in [-0.3, -0.25) is 0 Å². The van der Waals surface area contributed by atoms with Gasteiger partial charge in [0.25, 0.3) is 0 Å². The first-order valence-corrected chi connectivity index (χ1v) is 6.95. The van der Waals surface area contributed by atoms with Gasteiger partial charge < -0.3 is 14.8 Å². The van der Waals surface area contributed by atoms with Crippen molar-refractivity contribution in [3.05, 3.63) is 58.6 Å². The molecule has 1 aliphatic rings. The standard InChI is InChI=1S/C16H16ClNO2/c1-18-15-10-20-16-8-13(5-6-14(15)16)19-9-11-3-2-4-12(17)7-11/h2-8,15,18H,9-10H2,1H3. The second-order valence-corrected chi connectivity index (χ2v) is 5.21. The van der Waals surface area contributed by atoms with E-state index in [2.05, 4.69) is 11.4 Å². The Morgan fingerprint density at radius 1 is 1.30 bits per heavy atom. The molecule has 1 atom stereocenters. The SMILES string of the molecule is CNC1COc2cc(OCc3cccc(Cl)c3)ccc21. The Balaban J connectivity index is 1.70. The van der Waals surface area contributed by atoms with Crippen LogP contribution in [0, 0.1) is 0 Å². The molecule has 0 amide bonds. The van der Waals surface area contributed by atoms with Crippen molar-refractivity contribution in [2.45, 2.75) is 12.6 Å². The molecule has 0 spiro atoms. The maximum absolute atomic E-state index is 5.95. The number of hydrogen-bond acceptors (Lipinski definition) is 3. The molecule has 3 rings (SSSR count). The molecule has 0 radical (unpaired) electrons. The first-order valence-electron chi connectivity index (χ1n) is 6.57. The molecule has 2 aromatic rings. The Morgan fingerprint density at radius 2 is 2.20 bits per heavy atom. The number of rotatable bonds is 4. The van der Waals surface area contributed by atoms with E-state index in [1.807, 2.05) is 43.4 Å². The molecule has 3 nitrogen and oxygen atoms in total. The van der Waals surface area contributed by atoms with Crippen molar-refractivity contribution in [3.63, 3.8) is 0 Å². The van der Waals surface area contributed by atoms with Crippen LogP contribution in [0.25, 0.3) is 0 Å². The molecular weight excluding hydrogens is 274 g/mol. The molecule has 2 aromatic carbocycles. The summed E-state index contributed by atoms with van der Waals surface area (Å²) in [6.45, 7) is 1.17. The predicted octanol–water partition coefficient (Wildman–Crippen LogP) is 3.57. The van der Waals surface area contributed by atoms with Gasteiger partial charge in [-0.25, -0.2) is 0 Å². The van der Waals surface area contributed by atoms with Crippen molar-refractivity contribution in [2.24, 2.45) is 0 Å². The van der Waals surface area contributed by atoms with Gasteiger partial charge in [0.05, 0.1) is 6.04 Å². The van der Waals surface area contributed by atoms with E-state index in [9.17, 15) is 0 Å². The second-order valence-electron chi connectivity index (χ2n) is 4.77. The topological polar surface area (TPSA) is 30.5 Å². The lowest BCUT2D eigenvalue weighted by atomic mass is 10.1. The van der Waals surface area contributed by atoms with Crippen LogP contribution in [0.3, 0.4) is 0 Å². The van der Waals surface area contributed by atoms with Crippen molar-refractivity contribution in [1.29, 1.82) is 0 Å². The lowest BCUT2D eigenvalue weighted by molar-refractivity contribution is 0.298. The van der Waals surface area contributed by atoms with Crippen LogP contribution in [0.15, 0.2) is 42.5 Å². The fourth-order valence-corrected chi connectivity index (χ4v) is 2.53. The number of fused-ring (bicyclic) bond motifs is 1. The Bertz CT molecular complexity index is 615. The Kier molecular flexibility index (Phi) is 3.81. The summed E-state index contributed by atoms with van der Waals surface area (Å²) in [5.74, 6) is 1.70. The van der Waals surface area contributed by atoms with Crippen LogP contribution in [0.5, 0.6) is 11.5 Å². The number of likely N-dealkylation sites (N-methyl/N-ethyl adjacent to an activating group) is 1. The van der Waals surface area contributed by atoms with E-state index in [0.29, 0.717) is 13.2 Å². The molecule has 1 heterocycles. The van der Waals surface area contributed by atoms with Crippen molar-refractivity contribution in [1.82, 2.24) is 5.32 Å². The third-order valence-electron chi connectivity index (χ3n) is 3.41. The number of hydrogen-bond donors (Lipinski definition) is 1. The summed E-state index contributed by atoms with van der Waals surface area (Å²) in [7, 11) is 1.94. The van der Waals surface area contributed by atoms with E-state index >= 15 is 0 Å². The minimum atomic E-state index is 0.270. The highest BCUT2D eigenvalue weighted by Gasteiger charge is 2.22. The summed E-state index contributed by atoms with van der Waals surface area (Å²) in [5.41, 5.74) is 2.23. The van der Waals surface area contributed by atoms with Crippen molar-refractivity contribution < 1.29 is 9.47 Å². The summed E-state index contributed by atoms with van der Waals surface area (Å²) in [6, 6.07) is 13.9. The minimum Gasteiger partial charge on any atom is -0.491 e. The molecule has 20 heavy (non-hydrogen) atoms. The van der Waals surface area contributed by atoms with Gasteiger partial charge in [0.1, 0.15) is 24.7 Å². The van der Waals surface area contributed by atoms with E-state index in [-0.39, 0.29) is 6.04 Å². The van der Waals surface area contributed by atoms with Crippen LogP contribution >= 0.6 is 11.6 Å². The zero-order valence-electron chi connectivity index (χ0n) is 11.2. The molecule has 0 saturated heterocycles. The largest absolute Gasteiger partial charge is 0.491 e. The van der Waals surface area contributed by atoms with Gasteiger partial charge in [-0.05, 0) is 36.9 Å². The van der Waals surface area contributed by atoms with Gasteiger partial charge in [-0.2, -0.15) is 0 Å². The van der Waals surface area contributed by atoms with Gasteiger partial charge in [0.2, 0.25) is 0 Å². The van der Waals surface area contributed by atoms with Crippen LogP contribution < -0.4 is 14.8 Å². The molecule has 0 aliphatic carbocycles. The van der Waals surface area contributed by atoms with Crippen molar-refractivity contribution in [3.8, 4) is 11.5 Å². The van der Waals surface area contributed by atoms with Gasteiger partial charge in [-0.15, -0.1) is 0 Å². The van der Waals surface area contributed by atoms with E-state index in [1.54, 1.807) is 0 Å². The molecule has 104 valence electrons. The van der Waals surface area contributed by atoms with E-state index < -0.39 is 0 Å². The molecule has 0 bridgehead atoms. The maximum Gasteiger partial charge on any atom is 0.127 e. The first kappa shape index (κ1) is 13.3. The van der Waals surface area contributed by atoms with Gasteiger partial charge >= 0.3 is 0 Å². The van der Waals surface area contributed by atoms with Crippen LogP contribution in [0.4, 0.5) is 0 Å². The van der Waals surface area contributed by atoms with E-state index in [0.717, 1.165) is 22.1 Å². The smallest absolute Gasteiger partial charge is 0.127 e. The zero-order chi connectivity index (χ0) is 13.9. The van der Waals surface area contributed by atoms with E-state index in [4.69, 9.17) is 21.1 Å². The molecule has 0 saturated carbocycles. The summed E-state index contributed by atoms with van der Waals surface area (Å²) in [6.07, 6.45) is 0. The highest BCUT2D eigenvalue weighted by atomic mass is 35.5. The number of nitrogens with one attached hydrogen (secondary N) is 1. The summed E-state index contributed by atoms with van der Waals surface area (Å²) in [4.78, 5) is 0. The predicted molar refractivity (Wildman–Crippen MR) is 79.5 cm³/mol. The third kappa shape index (κ3) is 2.74. The lowest BCUT2D eigenvalue weighted by Crippen LogP contribution is -2.17. The molecule has 1 N–H and O–H groups in total. The van der Waals surface area contributed by atoms with Crippen LogP contribution in [-0.4, -0.2) is 13.7 Å².